The molecular formula is C20H21N5O. The van der Waals surface area contributed by atoms with E-state index in [9.17, 15) is 10.1 Å². The molecule has 132 valence electrons. The fourth-order valence-electron chi connectivity index (χ4n) is 3.89. The summed E-state index contributed by atoms with van der Waals surface area (Å²) in [6.07, 6.45) is 5.96. The first-order valence-corrected chi connectivity index (χ1v) is 9.09. The molecule has 6 nitrogen and oxygen atoms in total. The number of para-hydroxylation sites is 2. The summed E-state index contributed by atoms with van der Waals surface area (Å²) in [5, 5.41) is 16.9. The van der Waals surface area contributed by atoms with Crippen molar-refractivity contribution in [3.05, 3.63) is 47.5 Å². The second-order valence-electron chi connectivity index (χ2n) is 6.99. The van der Waals surface area contributed by atoms with Crippen molar-refractivity contribution < 1.29 is 4.79 Å². The molecule has 26 heavy (non-hydrogen) atoms. The zero-order valence-corrected chi connectivity index (χ0v) is 14.8. The first-order valence-electron chi connectivity index (χ1n) is 9.09. The molecule has 4 rings (SSSR count). The topological polar surface area (TPSA) is 87.4 Å². The molecule has 6 heteroatoms. The van der Waals surface area contributed by atoms with Gasteiger partial charge in [-0.1, -0.05) is 31.4 Å². The van der Waals surface area contributed by atoms with E-state index in [2.05, 4.69) is 21.3 Å². The molecule has 0 saturated heterocycles. The maximum atomic E-state index is 12.9. The first kappa shape index (κ1) is 16.5. The van der Waals surface area contributed by atoms with Crippen molar-refractivity contribution in [2.75, 3.05) is 0 Å². The van der Waals surface area contributed by atoms with E-state index in [-0.39, 0.29) is 5.78 Å². The second kappa shape index (κ2) is 6.75. The van der Waals surface area contributed by atoms with E-state index in [1.165, 1.54) is 19.3 Å². The molecule has 3 aromatic rings. The summed E-state index contributed by atoms with van der Waals surface area (Å²) in [5.41, 5.74) is 3.02. The van der Waals surface area contributed by atoms with E-state index >= 15 is 0 Å². The number of nitrogens with zero attached hydrogens (tertiary/aromatic N) is 4. The minimum Gasteiger partial charge on any atom is -0.330 e. The van der Waals surface area contributed by atoms with Crippen LogP contribution in [0.4, 0.5) is 0 Å². The quantitative estimate of drug-likeness (QED) is 0.727. The van der Waals surface area contributed by atoms with E-state index in [0.29, 0.717) is 17.4 Å². The van der Waals surface area contributed by atoms with Gasteiger partial charge < -0.3 is 4.57 Å². The number of hydrogen-bond donors (Lipinski definition) is 1. The maximum Gasteiger partial charge on any atom is 0.207 e. The van der Waals surface area contributed by atoms with E-state index in [1.54, 1.807) is 0 Å². The Morgan fingerprint density at radius 3 is 2.81 bits per heavy atom. The number of aromatic nitrogens is 4. The van der Waals surface area contributed by atoms with Gasteiger partial charge in [-0.05, 0) is 31.0 Å². The van der Waals surface area contributed by atoms with E-state index in [1.807, 2.05) is 41.9 Å². The monoisotopic (exact) mass is 347 g/mol. The predicted octanol–water partition coefficient (Wildman–Crippen LogP) is 3.83. The molecule has 2 aromatic heterocycles. The molecule has 1 aromatic carbocycles. The summed E-state index contributed by atoms with van der Waals surface area (Å²) in [6.45, 7) is 0. The van der Waals surface area contributed by atoms with Crippen LogP contribution >= 0.6 is 0 Å². The van der Waals surface area contributed by atoms with Crippen LogP contribution in [0.3, 0.4) is 0 Å². The first-order chi connectivity index (χ1) is 12.7. The van der Waals surface area contributed by atoms with Crippen molar-refractivity contribution in [1.29, 1.82) is 5.26 Å². The Bertz CT molecular complexity index is 987. The van der Waals surface area contributed by atoms with Gasteiger partial charge in [-0.25, -0.2) is 4.98 Å². The highest BCUT2D eigenvalue weighted by molar-refractivity contribution is 6.01. The summed E-state index contributed by atoms with van der Waals surface area (Å²) in [4.78, 5) is 17.5. The number of Topliss-reactive ketones (excluding diaryl/α,β-unsaturated/α-hetero) is 1. The third-order valence-corrected chi connectivity index (χ3v) is 5.37. The Morgan fingerprint density at radius 2 is 2.08 bits per heavy atom. The lowest BCUT2D eigenvalue weighted by atomic mass is 9.87. The molecule has 0 amide bonds. The highest BCUT2D eigenvalue weighted by atomic mass is 16.1. The number of rotatable bonds is 4. The van der Waals surface area contributed by atoms with Gasteiger partial charge >= 0.3 is 0 Å². The van der Waals surface area contributed by atoms with Crippen LogP contribution in [0.2, 0.25) is 0 Å². The number of benzene rings is 1. The molecule has 0 aliphatic heterocycles. The molecule has 1 N–H and O–H groups in total. The second-order valence-corrected chi connectivity index (χ2v) is 6.99. The van der Waals surface area contributed by atoms with Crippen LogP contribution in [-0.2, 0) is 7.05 Å². The van der Waals surface area contributed by atoms with Crippen LogP contribution in [0.5, 0.6) is 0 Å². The minimum absolute atomic E-state index is 0.302. The largest absolute Gasteiger partial charge is 0.330 e. The average Bonchev–Trinajstić information content (AvgIpc) is 3.29. The highest BCUT2D eigenvalue weighted by Crippen LogP contribution is 2.32. The van der Waals surface area contributed by atoms with Gasteiger partial charge in [-0.15, -0.1) is 0 Å². The molecule has 1 atom stereocenters. The fourth-order valence-corrected chi connectivity index (χ4v) is 3.89. The molecule has 0 radical (unpaired) electrons. The Kier molecular flexibility index (Phi) is 4.29. The standard InChI is InChI=1S/C20H21N5O/c1-25-18-10-6-5-9-15(18)22-20(25)14(12-21)19(26)17-11-16(23-24-17)13-7-3-2-4-8-13/h5-6,9-11,13-14H,2-4,7-8H2,1H3,(H,23,24). The SMILES string of the molecule is Cn1c(C(C#N)C(=O)c2cc(C3CCCCC3)[nH]n2)nc2ccccc21. The van der Waals surface area contributed by atoms with Gasteiger partial charge in [0.05, 0.1) is 17.1 Å². The number of fused-ring (bicyclic) bond motifs is 1. The summed E-state index contributed by atoms with van der Waals surface area (Å²) in [6, 6.07) is 11.6. The molecule has 1 fully saturated rings. The van der Waals surface area contributed by atoms with Gasteiger partial charge in [-0.2, -0.15) is 10.4 Å². The number of imidazole rings is 1. The fraction of sp³-hybridized carbons (Fsp3) is 0.400. The molecular weight excluding hydrogens is 326 g/mol. The van der Waals surface area contributed by atoms with Crippen LogP contribution in [0.25, 0.3) is 11.0 Å². The number of hydrogen-bond acceptors (Lipinski definition) is 4. The number of H-pyrrole nitrogens is 1. The summed E-state index contributed by atoms with van der Waals surface area (Å²) >= 11 is 0. The van der Waals surface area contributed by atoms with Gasteiger partial charge in [0, 0.05) is 18.7 Å². The molecule has 2 heterocycles. The smallest absolute Gasteiger partial charge is 0.207 e. The van der Waals surface area contributed by atoms with Gasteiger partial charge in [0.25, 0.3) is 0 Å². The van der Waals surface area contributed by atoms with Crippen LogP contribution < -0.4 is 0 Å². The zero-order chi connectivity index (χ0) is 18.1. The number of carbonyl (C=O) groups is 1. The van der Waals surface area contributed by atoms with Gasteiger partial charge in [0.2, 0.25) is 5.78 Å². The molecule has 1 aliphatic carbocycles. The Morgan fingerprint density at radius 1 is 1.31 bits per heavy atom. The Labute approximate surface area is 151 Å². The number of ketones is 1. The third-order valence-electron chi connectivity index (χ3n) is 5.37. The molecule has 0 bridgehead atoms. The van der Waals surface area contributed by atoms with Gasteiger partial charge in [-0.3, -0.25) is 9.89 Å². The highest BCUT2D eigenvalue weighted by Gasteiger charge is 2.29. The van der Waals surface area contributed by atoms with E-state index in [4.69, 9.17) is 0 Å². The molecule has 1 aliphatic rings. The Balaban J connectivity index is 1.64. The van der Waals surface area contributed by atoms with Gasteiger partial charge in [0.1, 0.15) is 11.5 Å². The third kappa shape index (κ3) is 2.80. The lowest BCUT2D eigenvalue weighted by Gasteiger charge is -2.19. The number of carbonyl (C=O) groups excluding carboxylic acids is 1. The van der Waals surface area contributed by atoms with Crippen LogP contribution in [-0.4, -0.2) is 25.5 Å². The van der Waals surface area contributed by atoms with Crippen molar-refractivity contribution >= 4 is 16.8 Å². The average molecular weight is 347 g/mol. The van der Waals surface area contributed by atoms with Crippen molar-refractivity contribution in [3.63, 3.8) is 0 Å². The number of nitriles is 1. The van der Waals surface area contributed by atoms with Crippen LogP contribution in [0.1, 0.15) is 65.9 Å². The summed E-state index contributed by atoms with van der Waals surface area (Å²) in [7, 11) is 1.83. The van der Waals surface area contributed by atoms with E-state index in [0.717, 1.165) is 29.6 Å². The predicted molar refractivity (Wildman–Crippen MR) is 97.8 cm³/mol. The molecule has 1 saturated carbocycles. The van der Waals surface area contributed by atoms with Crippen LogP contribution in [0.15, 0.2) is 30.3 Å². The number of aromatic amines is 1. The summed E-state index contributed by atoms with van der Waals surface area (Å²) in [5.74, 6) is -0.367. The van der Waals surface area contributed by atoms with Crippen molar-refractivity contribution in [3.8, 4) is 6.07 Å². The number of aryl methyl sites for hydroxylation is 1. The minimum atomic E-state index is -0.963. The van der Waals surface area contributed by atoms with Crippen molar-refractivity contribution in [2.45, 2.75) is 43.9 Å². The maximum absolute atomic E-state index is 12.9. The zero-order valence-electron chi connectivity index (χ0n) is 14.8. The van der Waals surface area contributed by atoms with Crippen molar-refractivity contribution in [1.82, 2.24) is 19.7 Å². The number of nitrogens with one attached hydrogen (secondary N) is 1. The lowest BCUT2D eigenvalue weighted by molar-refractivity contribution is 0.0970. The van der Waals surface area contributed by atoms with E-state index < -0.39 is 5.92 Å². The normalized spacial score (nSPS) is 16.5. The van der Waals surface area contributed by atoms with Crippen LogP contribution in [0, 0.1) is 11.3 Å². The molecule has 0 spiro atoms. The summed E-state index contributed by atoms with van der Waals surface area (Å²) < 4.78 is 1.82. The molecule has 1 unspecified atom stereocenters. The van der Waals surface area contributed by atoms with Crippen molar-refractivity contribution in [2.24, 2.45) is 7.05 Å². The lowest BCUT2D eigenvalue weighted by Crippen LogP contribution is -2.16. The van der Waals surface area contributed by atoms with Gasteiger partial charge in [0.15, 0.2) is 5.92 Å². The Hall–Kier alpha value is -2.94.